The Morgan fingerprint density at radius 1 is 0.971 bits per heavy atom. The molecule has 0 bridgehead atoms. The van der Waals surface area contributed by atoms with Crippen molar-refractivity contribution >= 4 is 17.7 Å². The van der Waals surface area contributed by atoms with Gasteiger partial charge in [0.2, 0.25) is 5.91 Å². The predicted molar refractivity (Wildman–Crippen MR) is 131 cm³/mol. The van der Waals surface area contributed by atoms with E-state index < -0.39 is 12.0 Å². The molecule has 2 aromatic carbocycles. The first-order chi connectivity index (χ1) is 16.5. The van der Waals surface area contributed by atoms with Crippen molar-refractivity contribution in [2.45, 2.75) is 20.0 Å². The van der Waals surface area contributed by atoms with E-state index in [0.29, 0.717) is 32.7 Å². The summed E-state index contributed by atoms with van der Waals surface area (Å²) in [4.78, 5) is 28.6. The van der Waals surface area contributed by atoms with Crippen LogP contribution < -0.4 is 15.4 Å². The third-order valence-corrected chi connectivity index (χ3v) is 6.01. The molecule has 2 N–H and O–H groups in total. The van der Waals surface area contributed by atoms with Gasteiger partial charge >= 0.3 is 6.09 Å². The molecule has 2 amide bonds. The number of ether oxygens (including phenoxy) is 3. The number of hydrogen-bond acceptors (Lipinski definition) is 6. The first kappa shape index (κ1) is 25.4. The Kier molecular flexibility index (Phi) is 9.58. The largest absolute Gasteiger partial charge is 0.497 e. The molecule has 34 heavy (non-hydrogen) atoms. The highest BCUT2D eigenvalue weighted by molar-refractivity contribution is 5.79. The number of primary amides is 1. The summed E-state index contributed by atoms with van der Waals surface area (Å²) in [6.07, 6.45) is -0.310. The fourth-order valence-electron chi connectivity index (χ4n) is 4.17. The number of carbonyl (C=O) groups is 2. The van der Waals surface area contributed by atoms with Crippen molar-refractivity contribution in [2.24, 2.45) is 17.6 Å². The van der Waals surface area contributed by atoms with Crippen LogP contribution in [0.5, 0.6) is 5.75 Å². The summed E-state index contributed by atoms with van der Waals surface area (Å²) in [6.45, 7) is 5.74. The molecule has 0 saturated carbocycles. The summed E-state index contributed by atoms with van der Waals surface area (Å²) in [5.74, 6) is 0.479. The minimum atomic E-state index is -0.866. The second-order valence-electron chi connectivity index (χ2n) is 8.68. The molecule has 184 valence electrons. The fraction of sp³-hybridized carbons (Fsp3) is 0.462. The number of rotatable bonds is 11. The highest BCUT2D eigenvalue weighted by atomic mass is 16.5. The zero-order chi connectivity index (χ0) is 24.3. The molecule has 2 atom stereocenters. The van der Waals surface area contributed by atoms with Crippen molar-refractivity contribution in [1.29, 1.82) is 0 Å². The summed E-state index contributed by atoms with van der Waals surface area (Å²) < 4.78 is 16.1. The number of hydrogen-bond donors (Lipinski definition) is 1. The molecule has 0 aliphatic carbocycles. The van der Waals surface area contributed by atoms with Gasteiger partial charge in [-0.2, -0.15) is 0 Å². The van der Waals surface area contributed by atoms with Gasteiger partial charge in [0.15, 0.2) is 0 Å². The molecule has 1 fully saturated rings. The lowest BCUT2D eigenvalue weighted by molar-refractivity contribution is -0.138. The lowest BCUT2D eigenvalue weighted by Gasteiger charge is -2.37. The van der Waals surface area contributed by atoms with E-state index in [0.717, 1.165) is 30.1 Å². The first-order valence-electron chi connectivity index (χ1n) is 11.7. The number of amides is 2. The third kappa shape index (κ3) is 7.66. The van der Waals surface area contributed by atoms with Gasteiger partial charge in [-0.15, -0.1) is 0 Å². The van der Waals surface area contributed by atoms with Gasteiger partial charge in [0, 0.05) is 38.5 Å². The van der Waals surface area contributed by atoms with E-state index in [1.165, 1.54) is 0 Å². The maximum atomic E-state index is 13.3. The summed E-state index contributed by atoms with van der Waals surface area (Å²) in [7, 11) is 1.65. The van der Waals surface area contributed by atoms with Gasteiger partial charge in [-0.05, 0) is 42.2 Å². The van der Waals surface area contributed by atoms with E-state index >= 15 is 0 Å². The molecule has 8 nitrogen and oxygen atoms in total. The van der Waals surface area contributed by atoms with Crippen molar-refractivity contribution in [1.82, 2.24) is 4.90 Å². The van der Waals surface area contributed by atoms with Gasteiger partial charge in [-0.1, -0.05) is 37.3 Å². The highest BCUT2D eigenvalue weighted by Crippen LogP contribution is 2.22. The quantitative estimate of drug-likeness (QED) is 0.543. The number of anilines is 1. The summed E-state index contributed by atoms with van der Waals surface area (Å²) in [6, 6.07) is 17.9. The van der Waals surface area contributed by atoms with Crippen molar-refractivity contribution in [3.63, 3.8) is 0 Å². The monoisotopic (exact) mass is 469 g/mol. The van der Waals surface area contributed by atoms with Crippen LogP contribution in [0.4, 0.5) is 10.5 Å². The Morgan fingerprint density at radius 2 is 1.65 bits per heavy atom. The maximum Gasteiger partial charge on any atom is 0.404 e. The number of carbonyl (C=O) groups excluding carboxylic acids is 2. The van der Waals surface area contributed by atoms with E-state index in [9.17, 15) is 9.59 Å². The van der Waals surface area contributed by atoms with Gasteiger partial charge in [-0.3, -0.25) is 4.79 Å². The fourth-order valence-corrected chi connectivity index (χ4v) is 4.17. The summed E-state index contributed by atoms with van der Waals surface area (Å²) >= 11 is 0. The zero-order valence-corrected chi connectivity index (χ0v) is 20.0. The molecule has 0 aromatic heterocycles. The average molecular weight is 470 g/mol. The van der Waals surface area contributed by atoms with Crippen LogP contribution in [0.15, 0.2) is 54.6 Å². The van der Waals surface area contributed by atoms with Gasteiger partial charge in [-0.25, -0.2) is 4.79 Å². The number of piperazine rings is 1. The first-order valence-corrected chi connectivity index (χ1v) is 11.7. The second-order valence-corrected chi connectivity index (χ2v) is 8.68. The van der Waals surface area contributed by atoms with E-state index in [-0.39, 0.29) is 18.4 Å². The van der Waals surface area contributed by atoms with Crippen molar-refractivity contribution in [2.75, 3.05) is 51.4 Å². The van der Waals surface area contributed by atoms with Crippen LogP contribution in [0.3, 0.4) is 0 Å². The molecular weight excluding hydrogens is 434 g/mol. The smallest absolute Gasteiger partial charge is 0.404 e. The van der Waals surface area contributed by atoms with Crippen molar-refractivity contribution < 1.29 is 23.8 Å². The summed E-state index contributed by atoms with van der Waals surface area (Å²) in [5, 5.41) is 0. The summed E-state index contributed by atoms with van der Waals surface area (Å²) in [5.41, 5.74) is 7.38. The Balaban J connectivity index is 1.51. The van der Waals surface area contributed by atoms with Gasteiger partial charge in [0.1, 0.15) is 12.4 Å². The Hall–Kier alpha value is -3.26. The molecule has 1 heterocycles. The van der Waals surface area contributed by atoms with Crippen LogP contribution in [0.1, 0.15) is 18.9 Å². The highest BCUT2D eigenvalue weighted by Gasteiger charge is 2.29. The molecule has 1 aliphatic rings. The Bertz CT molecular complexity index is 898. The minimum absolute atomic E-state index is 0.00876. The van der Waals surface area contributed by atoms with Crippen LogP contribution >= 0.6 is 0 Å². The molecule has 2 aromatic rings. The van der Waals surface area contributed by atoms with Crippen molar-refractivity contribution in [3.8, 4) is 5.75 Å². The van der Waals surface area contributed by atoms with Gasteiger partial charge in [0.25, 0.3) is 0 Å². The zero-order valence-electron chi connectivity index (χ0n) is 20.0. The second kappa shape index (κ2) is 12.8. The molecular formula is C26H35N3O5. The molecule has 1 aliphatic heterocycles. The van der Waals surface area contributed by atoms with E-state index in [2.05, 4.69) is 4.90 Å². The minimum Gasteiger partial charge on any atom is -0.497 e. The number of methoxy groups -OCH3 is 1. The van der Waals surface area contributed by atoms with Gasteiger partial charge in [0.05, 0.1) is 19.6 Å². The molecule has 0 spiro atoms. The van der Waals surface area contributed by atoms with Crippen LogP contribution in [-0.4, -0.2) is 63.4 Å². The lowest BCUT2D eigenvalue weighted by atomic mass is 9.95. The van der Waals surface area contributed by atoms with E-state index in [1.807, 2.05) is 66.4 Å². The van der Waals surface area contributed by atoms with Crippen LogP contribution in [0.2, 0.25) is 0 Å². The van der Waals surface area contributed by atoms with Gasteiger partial charge < -0.3 is 29.7 Å². The van der Waals surface area contributed by atoms with Crippen LogP contribution in [0.25, 0.3) is 0 Å². The number of benzene rings is 2. The van der Waals surface area contributed by atoms with Crippen LogP contribution in [-0.2, 0) is 20.9 Å². The topological polar surface area (TPSA) is 94.3 Å². The average Bonchev–Trinajstić information content (AvgIpc) is 2.87. The lowest BCUT2D eigenvalue weighted by Crippen LogP contribution is -2.51. The van der Waals surface area contributed by atoms with Crippen molar-refractivity contribution in [3.05, 3.63) is 60.2 Å². The predicted octanol–water partition coefficient (Wildman–Crippen LogP) is 3.30. The molecule has 1 unspecified atom stereocenters. The Labute approximate surface area is 201 Å². The normalized spacial score (nSPS) is 15.5. The number of nitrogens with two attached hydrogens (primary N) is 1. The number of nitrogens with zero attached hydrogens (tertiary/aromatic N) is 2. The third-order valence-electron chi connectivity index (χ3n) is 6.01. The SMILES string of the molecule is COc1ccc(N2CCN(C(=O)[C@@H](COC(N)=O)CC(C)COCc3ccccc3)CC2)cc1. The standard InChI is InChI=1S/C26H35N3O5/c1-20(17-33-18-21-6-4-3-5-7-21)16-22(19-34-26(27)31)25(30)29-14-12-28(13-15-29)23-8-10-24(32-2)11-9-23/h3-11,20,22H,12-19H2,1-2H3,(H2,27,31)/t20?,22-/m1/s1. The molecule has 8 heteroatoms. The van der Waals surface area contributed by atoms with E-state index in [1.54, 1.807) is 7.11 Å². The molecule has 0 radical (unpaired) electrons. The van der Waals surface area contributed by atoms with E-state index in [4.69, 9.17) is 19.9 Å². The molecule has 3 rings (SSSR count). The Morgan fingerprint density at radius 3 is 2.26 bits per heavy atom. The maximum absolute atomic E-state index is 13.3. The van der Waals surface area contributed by atoms with Crippen LogP contribution in [0, 0.1) is 11.8 Å². The molecule has 1 saturated heterocycles.